The van der Waals surface area contributed by atoms with Gasteiger partial charge in [0.1, 0.15) is 12.4 Å². The molecular formula is C25H23FN2O2S. The van der Waals surface area contributed by atoms with E-state index in [0.717, 1.165) is 17.5 Å². The summed E-state index contributed by atoms with van der Waals surface area (Å²) in [6.07, 6.45) is 2.37. The molecule has 2 aromatic carbocycles. The predicted octanol–water partition coefficient (Wildman–Crippen LogP) is 4.69. The molecular weight excluding hydrogens is 411 g/mol. The maximum atomic E-state index is 13.6. The monoisotopic (exact) mass is 434 g/mol. The number of hydrogen-bond donors (Lipinski definition) is 0. The summed E-state index contributed by atoms with van der Waals surface area (Å²) in [5, 5.41) is 2.06. The van der Waals surface area contributed by atoms with Crippen LogP contribution in [0.25, 0.3) is 0 Å². The van der Waals surface area contributed by atoms with E-state index in [1.807, 2.05) is 35.2 Å². The number of benzene rings is 2. The largest absolute Gasteiger partial charge is 0.330 e. The number of nitrogens with zero attached hydrogens (tertiary/aromatic N) is 2. The van der Waals surface area contributed by atoms with Gasteiger partial charge in [0, 0.05) is 23.5 Å². The molecule has 2 amide bonds. The van der Waals surface area contributed by atoms with Crippen molar-refractivity contribution in [1.82, 2.24) is 9.80 Å². The van der Waals surface area contributed by atoms with Crippen LogP contribution in [0.5, 0.6) is 0 Å². The number of fused-ring (bicyclic) bond motifs is 1. The molecule has 31 heavy (non-hydrogen) atoms. The summed E-state index contributed by atoms with van der Waals surface area (Å²) in [7, 11) is 0. The van der Waals surface area contributed by atoms with Crippen LogP contribution in [0, 0.1) is 5.82 Å². The van der Waals surface area contributed by atoms with Crippen molar-refractivity contribution in [2.75, 3.05) is 19.6 Å². The summed E-state index contributed by atoms with van der Waals surface area (Å²) < 4.78 is 13.6. The molecule has 4 nitrogen and oxygen atoms in total. The Hall–Kier alpha value is -3.25. The molecule has 1 aliphatic heterocycles. The summed E-state index contributed by atoms with van der Waals surface area (Å²) in [4.78, 5) is 30.9. The highest BCUT2D eigenvalue weighted by Gasteiger charge is 2.33. The lowest BCUT2D eigenvalue weighted by Gasteiger charge is -2.37. The van der Waals surface area contributed by atoms with Gasteiger partial charge in [-0.2, -0.15) is 0 Å². The van der Waals surface area contributed by atoms with Crippen molar-refractivity contribution >= 4 is 23.2 Å². The molecule has 6 heteroatoms. The third-order valence-corrected chi connectivity index (χ3v) is 6.43. The fourth-order valence-electron chi connectivity index (χ4n) is 4.01. The normalized spacial score (nSPS) is 15.3. The molecule has 0 bridgehead atoms. The van der Waals surface area contributed by atoms with Crippen LogP contribution in [0.4, 0.5) is 4.39 Å². The number of rotatable bonds is 6. The standard InChI is InChI=1S/C25H23FN2O2S/c1-2-13-27(25(30)19-9-6-10-20(26)16-19)17-23(29)28-14-11-22-21(12-15-31-22)24(28)18-7-4-3-5-8-18/h2-10,12,15-16,24H,1,11,13-14,17H2. The first-order chi connectivity index (χ1) is 15.1. The van der Waals surface area contributed by atoms with Crippen LogP contribution in [0.15, 0.2) is 78.7 Å². The van der Waals surface area contributed by atoms with Gasteiger partial charge in [-0.15, -0.1) is 17.9 Å². The van der Waals surface area contributed by atoms with E-state index in [1.54, 1.807) is 23.5 Å². The lowest BCUT2D eigenvalue weighted by Crippen LogP contribution is -2.46. The van der Waals surface area contributed by atoms with Gasteiger partial charge in [-0.1, -0.05) is 42.5 Å². The molecule has 0 spiro atoms. The van der Waals surface area contributed by atoms with Crippen molar-refractivity contribution < 1.29 is 14.0 Å². The molecule has 1 aliphatic rings. The Morgan fingerprint density at radius 2 is 1.97 bits per heavy atom. The minimum absolute atomic E-state index is 0.0931. The van der Waals surface area contributed by atoms with Crippen LogP contribution in [0.1, 0.15) is 32.4 Å². The Labute approximate surface area is 185 Å². The van der Waals surface area contributed by atoms with Crippen LogP contribution in [-0.2, 0) is 11.2 Å². The first kappa shape index (κ1) is 21.0. The Morgan fingerprint density at radius 3 is 2.71 bits per heavy atom. The summed E-state index contributed by atoms with van der Waals surface area (Å²) >= 11 is 1.71. The minimum atomic E-state index is -0.485. The van der Waals surface area contributed by atoms with Gasteiger partial charge in [-0.05, 0) is 47.2 Å². The molecule has 1 aromatic heterocycles. The fourth-order valence-corrected chi connectivity index (χ4v) is 4.92. The zero-order valence-corrected chi connectivity index (χ0v) is 17.9. The summed E-state index contributed by atoms with van der Waals surface area (Å²) in [6.45, 7) is 4.40. The fraction of sp³-hybridized carbons (Fsp3) is 0.200. The molecule has 1 atom stereocenters. The van der Waals surface area contributed by atoms with E-state index in [0.29, 0.717) is 6.54 Å². The van der Waals surface area contributed by atoms with Gasteiger partial charge in [-0.3, -0.25) is 9.59 Å². The number of hydrogen-bond acceptors (Lipinski definition) is 3. The molecule has 0 N–H and O–H groups in total. The number of amides is 2. The van der Waals surface area contributed by atoms with Gasteiger partial charge in [0.25, 0.3) is 5.91 Å². The van der Waals surface area contributed by atoms with E-state index in [4.69, 9.17) is 0 Å². The first-order valence-corrected chi connectivity index (χ1v) is 11.0. The average Bonchev–Trinajstić information content (AvgIpc) is 3.27. The molecule has 0 aliphatic carbocycles. The Bertz CT molecular complexity index is 1100. The minimum Gasteiger partial charge on any atom is -0.330 e. The van der Waals surface area contributed by atoms with E-state index in [9.17, 15) is 14.0 Å². The van der Waals surface area contributed by atoms with Gasteiger partial charge in [0.15, 0.2) is 0 Å². The number of carbonyl (C=O) groups is 2. The van der Waals surface area contributed by atoms with Crippen LogP contribution >= 0.6 is 11.3 Å². The predicted molar refractivity (Wildman–Crippen MR) is 121 cm³/mol. The smallest absolute Gasteiger partial charge is 0.254 e. The van der Waals surface area contributed by atoms with E-state index >= 15 is 0 Å². The van der Waals surface area contributed by atoms with E-state index in [2.05, 4.69) is 18.0 Å². The Balaban J connectivity index is 1.60. The zero-order valence-electron chi connectivity index (χ0n) is 17.0. The lowest BCUT2D eigenvalue weighted by atomic mass is 9.93. The van der Waals surface area contributed by atoms with Gasteiger partial charge in [0.05, 0.1) is 6.04 Å². The molecule has 158 valence electrons. The summed E-state index contributed by atoms with van der Waals surface area (Å²) in [5.74, 6) is -1.02. The van der Waals surface area contributed by atoms with Gasteiger partial charge in [-0.25, -0.2) is 4.39 Å². The lowest BCUT2D eigenvalue weighted by molar-refractivity contribution is -0.133. The highest BCUT2D eigenvalue weighted by atomic mass is 32.1. The SMILES string of the molecule is C=CCN(CC(=O)N1CCc2sccc2C1c1ccccc1)C(=O)c1cccc(F)c1. The van der Waals surface area contributed by atoms with Gasteiger partial charge < -0.3 is 9.80 Å². The average molecular weight is 435 g/mol. The molecule has 1 unspecified atom stereocenters. The van der Waals surface area contributed by atoms with Crippen LogP contribution in [0.3, 0.4) is 0 Å². The van der Waals surface area contributed by atoms with Crippen LogP contribution < -0.4 is 0 Å². The van der Waals surface area contributed by atoms with Gasteiger partial charge >= 0.3 is 0 Å². The topological polar surface area (TPSA) is 40.6 Å². The van der Waals surface area contributed by atoms with Crippen LogP contribution in [-0.4, -0.2) is 41.2 Å². The second kappa shape index (κ2) is 9.27. The van der Waals surface area contributed by atoms with Gasteiger partial charge in [0.2, 0.25) is 5.91 Å². The zero-order chi connectivity index (χ0) is 21.8. The molecule has 0 fully saturated rings. The van der Waals surface area contributed by atoms with Crippen molar-refractivity contribution in [3.8, 4) is 0 Å². The van der Waals surface area contributed by atoms with Crippen molar-refractivity contribution in [1.29, 1.82) is 0 Å². The second-order valence-corrected chi connectivity index (χ2v) is 8.43. The molecule has 2 heterocycles. The maximum absolute atomic E-state index is 13.6. The quantitative estimate of drug-likeness (QED) is 0.528. The highest BCUT2D eigenvalue weighted by molar-refractivity contribution is 7.10. The number of carbonyl (C=O) groups excluding carboxylic acids is 2. The molecule has 0 saturated carbocycles. The van der Waals surface area contributed by atoms with E-state index < -0.39 is 11.7 Å². The van der Waals surface area contributed by atoms with Crippen molar-refractivity contribution in [2.24, 2.45) is 0 Å². The van der Waals surface area contributed by atoms with Crippen molar-refractivity contribution in [3.05, 3.63) is 106 Å². The summed E-state index contributed by atoms with van der Waals surface area (Å²) in [5.41, 5.74) is 2.40. The Kier molecular flexibility index (Phi) is 6.28. The van der Waals surface area contributed by atoms with E-state index in [1.165, 1.54) is 28.0 Å². The number of halogens is 1. The Morgan fingerprint density at radius 1 is 1.16 bits per heavy atom. The van der Waals surface area contributed by atoms with Crippen molar-refractivity contribution in [2.45, 2.75) is 12.5 Å². The highest BCUT2D eigenvalue weighted by Crippen LogP contribution is 2.37. The van der Waals surface area contributed by atoms with Crippen LogP contribution in [0.2, 0.25) is 0 Å². The maximum Gasteiger partial charge on any atom is 0.254 e. The third kappa shape index (κ3) is 4.44. The molecule has 3 aromatic rings. The van der Waals surface area contributed by atoms with E-state index in [-0.39, 0.29) is 30.6 Å². The second-order valence-electron chi connectivity index (χ2n) is 7.43. The third-order valence-electron chi connectivity index (χ3n) is 5.44. The first-order valence-electron chi connectivity index (χ1n) is 10.1. The number of thiophene rings is 1. The molecule has 0 saturated heterocycles. The van der Waals surface area contributed by atoms with Crippen molar-refractivity contribution in [3.63, 3.8) is 0 Å². The summed E-state index contributed by atoms with van der Waals surface area (Å²) in [6, 6.07) is 17.4. The molecule has 0 radical (unpaired) electrons. The molecule has 4 rings (SSSR count).